The fourth-order valence-electron chi connectivity index (χ4n) is 4.19. The molecule has 0 aliphatic carbocycles. The fraction of sp³-hybridized carbons (Fsp3) is 0.400. The maximum Gasteiger partial charge on any atom is 0.191 e. The van der Waals surface area contributed by atoms with Gasteiger partial charge in [0.15, 0.2) is 5.96 Å². The summed E-state index contributed by atoms with van der Waals surface area (Å²) in [6.45, 7) is 4.28. The molecule has 170 valence electrons. The number of aromatic amines is 1. The predicted molar refractivity (Wildman–Crippen MR) is 127 cm³/mol. The lowest BCUT2D eigenvalue weighted by Crippen LogP contribution is -2.37. The number of fused-ring (bicyclic) bond motifs is 1. The Morgan fingerprint density at radius 3 is 2.62 bits per heavy atom. The number of hydrogen-bond donors (Lipinski definition) is 4. The van der Waals surface area contributed by atoms with Crippen molar-refractivity contribution in [1.82, 2.24) is 20.5 Å². The molecule has 3 aromatic rings. The van der Waals surface area contributed by atoms with Gasteiger partial charge in [0.25, 0.3) is 0 Å². The van der Waals surface area contributed by atoms with Crippen molar-refractivity contribution in [2.45, 2.75) is 38.5 Å². The van der Waals surface area contributed by atoms with Crippen LogP contribution in [-0.2, 0) is 19.5 Å². The van der Waals surface area contributed by atoms with Crippen molar-refractivity contribution >= 4 is 16.9 Å². The molecule has 0 bridgehead atoms. The average Bonchev–Trinajstić information content (AvgIpc) is 3.20. The Morgan fingerprint density at radius 2 is 1.88 bits per heavy atom. The molecule has 0 amide bonds. The van der Waals surface area contributed by atoms with Crippen molar-refractivity contribution in [3.8, 4) is 0 Å². The van der Waals surface area contributed by atoms with E-state index in [-0.39, 0.29) is 11.9 Å². The number of nitrogens with zero attached hydrogens (tertiary/aromatic N) is 2. The number of aliphatic hydroxyl groups is 1. The zero-order valence-electron chi connectivity index (χ0n) is 18.6. The zero-order chi connectivity index (χ0) is 22.3. The minimum Gasteiger partial charge on any atom is -0.393 e. The highest BCUT2D eigenvalue weighted by molar-refractivity contribution is 5.83. The van der Waals surface area contributed by atoms with Crippen LogP contribution in [-0.4, -0.2) is 53.7 Å². The second kappa shape index (κ2) is 10.6. The fourth-order valence-corrected chi connectivity index (χ4v) is 4.19. The SMILES string of the molecule is CN=C(NCCc1c[nH]c2cc(F)ccc12)NCc1ccc(CN2CCC(O)CC2)cc1. The molecule has 0 saturated carbocycles. The first-order chi connectivity index (χ1) is 15.6. The zero-order valence-corrected chi connectivity index (χ0v) is 18.6. The number of aliphatic hydroxyl groups excluding tert-OH is 1. The third kappa shape index (κ3) is 5.87. The number of aliphatic imine (C=N–C) groups is 1. The van der Waals surface area contributed by atoms with Crippen LogP contribution >= 0.6 is 0 Å². The van der Waals surface area contributed by atoms with Crippen molar-refractivity contribution < 1.29 is 9.50 Å². The minimum atomic E-state index is -0.229. The van der Waals surface area contributed by atoms with E-state index in [1.807, 2.05) is 12.3 Å². The number of H-pyrrole nitrogens is 1. The molecule has 7 heteroatoms. The van der Waals surface area contributed by atoms with E-state index in [4.69, 9.17) is 0 Å². The Labute approximate surface area is 188 Å². The largest absolute Gasteiger partial charge is 0.393 e. The van der Waals surface area contributed by atoms with E-state index >= 15 is 0 Å². The van der Waals surface area contributed by atoms with Gasteiger partial charge in [-0.3, -0.25) is 9.89 Å². The number of rotatable bonds is 7. The van der Waals surface area contributed by atoms with Gasteiger partial charge in [0, 0.05) is 56.9 Å². The number of aromatic nitrogens is 1. The molecular weight excluding hydrogens is 405 g/mol. The summed E-state index contributed by atoms with van der Waals surface area (Å²) in [4.78, 5) is 9.84. The lowest BCUT2D eigenvalue weighted by atomic mass is 10.1. The van der Waals surface area contributed by atoms with Crippen LogP contribution in [0.15, 0.2) is 53.7 Å². The second-order valence-electron chi connectivity index (χ2n) is 8.43. The predicted octanol–water partition coefficient (Wildman–Crippen LogP) is 3.17. The maximum atomic E-state index is 13.3. The van der Waals surface area contributed by atoms with Gasteiger partial charge in [-0.25, -0.2) is 4.39 Å². The molecular formula is C25H32FN5O. The number of likely N-dealkylation sites (tertiary alicyclic amines) is 1. The number of guanidine groups is 1. The molecule has 4 N–H and O–H groups in total. The Kier molecular flexibility index (Phi) is 7.39. The van der Waals surface area contributed by atoms with Crippen LogP contribution in [0.3, 0.4) is 0 Å². The smallest absolute Gasteiger partial charge is 0.191 e. The Balaban J connectivity index is 1.22. The Hall–Kier alpha value is -2.90. The lowest BCUT2D eigenvalue weighted by Gasteiger charge is -2.29. The Morgan fingerprint density at radius 1 is 1.12 bits per heavy atom. The molecule has 1 aliphatic heterocycles. The van der Waals surface area contributed by atoms with Crippen LogP contribution in [0, 0.1) is 5.82 Å². The van der Waals surface area contributed by atoms with Gasteiger partial charge in [-0.15, -0.1) is 0 Å². The highest BCUT2D eigenvalue weighted by atomic mass is 19.1. The van der Waals surface area contributed by atoms with Gasteiger partial charge in [-0.05, 0) is 54.2 Å². The van der Waals surface area contributed by atoms with E-state index in [2.05, 4.69) is 49.8 Å². The second-order valence-corrected chi connectivity index (χ2v) is 8.43. The van der Waals surface area contributed by atoms with E-state index in [9.17, 15) is 9.50 Å². The molecule has 0 spiro atoms. The molecule has 2 heterocycles. The molecule has 4 rings (SSSR count). The van der Waals surface area contributed by atoms with Gasteiger partial charge >= 0.3 is 0 Å². The first-order valence-corrected chi connectivity index (χ1v) is 11.3. The van der Waals surface area contributed by atoms with Crippen LogP contribution in [0.25, 0.3) is 10.9 Å². The molecule has 0 atom stereocenters. The summed E-state index contributed by atoms with van der Waals surface area (Å²) in [5, 5.41) is 17.4. The summed E-state index contributed by atoms with van der Waals surface area (Å²) in [7, 11) is 1.77. The third-order valence-corrected chi connectivity index (χ3v) is 6.09. The number of hydrogen-bond acceptors (Lipinski definition) is 3. The van der Waals surface area contributed by atoms with Crippen LogP contribution < -0.4 is 10.6 Å². The van der Waals surface area contributed by atoms with Gasteiger partial charge in [-0.2, -0.15) is 0 Å². The van der Waals surface area contributed by atoms with Crippen molar-refractivity contribution in [3.05, 3.63) is 71.2 Å². The summed E-state index contributed by atoms with van der Waals surface area (Å²) in [5.74, 6) is 0.528. The van der Waals surface area contributed by atoms with Gasteiger partial charge in [-0.1, -0.05) is 24.3 Å². The van der Waals surface area contributed by atoms with Crippen LogP contribution in [0.5, 0.6) is 0 Å². The summed E-state index contributed by atoms with van der Waals surface area (Å²) in [6.07, 6.45) is 4.36. The van der Waals surface area contributed by atoms with E-state index in [1.54, 1.807) is 7.05 Å². The minimum absolute atomic E-state index is 0.130. The first-order valence-electron chi connectivity index (χ1n) is 11.3. The van der Waals surface area contributed by atoms with Crippen LogP contribution in [0.2, 0.25) is 0 Å². The van der Waals surface area contributed by atoms with Crippen molar-refractivity contribution in [3.63, 3.8) is 0 Å². The van der Waals surface area contributed by atoms with E-state index < -0.39 is 0 Å². The monoisotopic (exact) mass is 437 g/mol. The molecule has 0 unspecified atom stereocenters. The van der Waals surface area contributed by atoms with Crippen LogP contribution in [0.1, 0.15) is 29.5 Å². The highest BCUT2D eigenvalue weighted by Gasteiger charge is 2.16. The van der Waals surface area contributed by atoms with Gasteiger partial charge < -0.3 is 20.7 Å². The number of nitrogens with one attached hydrogen (secondary N) is 3. The summed E-state index contributed by atoms with van der Waals surface area (Å²) >= 11 is 0. The first kappa shape index (κ1) is 22.3. The summed E-state index contributed by atoms with van der Waals surface area (Å²) in [6, 6.07) is 13.5. The van der Waals surface area contributed by atoms with E-state index in [1.165, 1.54) is 23.3 Å². The molecule has 6 nitrogen and oxygen atoms in total. The maximum absolute atomic E-state index is 13.3. The standard InChI is InChI=1S/C25H32FN5O/c1-27-25(28-11-8-20-16-29-24-14-21(26)6-7-23(20)24)30-15-18-2-4-19(5-3-18)17-31-12-9-22(32)10-13-31/h2-7,14,16,22,29,32H,8-13,15,17H2,1H3,(H2,27,28,30). The van der Waals surface area contributed by atoms with Crippen molar-refractivity contribution in [2.24, 2.45) is 4.99 Å². The normalized spacial score (nSPS) is 15.9. The summed E-state index contributed by atoms with van der Waals surface area (Å²) in [5.41, 5.74) is 4.47. The molecule has 0 radical (unpaired) electrons. The molecule has 1 saturated heterocycles. The quantitative estimate of drug-likeness (QED) is 0.338. The Bertz CT molecular complexity index is 1040. The molecule has 2 aromatic carbocycles. The topological polar surface area (TPSA) is 75.7 Å². The average molecular weight is 438 g/mol. The van der Waals surface area contributed by atoms with Crippen molar-refractivity contribution in [1.29, 1.82) is 0 Å². The van der Waals surface area contributed by atoms with Crippen LogP contribution in [0.4, 0.5) is 4.39 Å². The van der Waals surface area contributed by atoms with E-state index in [0.717, 1.165) is 67.9 Å². The van der Waals surface area contributed by atoms with Gasteiger partial charge in [0.1, 0.15) is 5.82 Å². The summed E-state index contributed by atoms with van der Waals surface area (Å²) < 4.78 is 13.3. The molecule has 1 aliphatic rings. The van der Waals surface area contributed by atoms with Crippen molar-refractivity contribution in [2.75, 3.05) is 26.7 Å². The number of benzene rings is 2. The lowest BCUT2D eigenvalue weighted by molar-refractivity contribution is 0.0792. The molecule has 1 aromatic heterocycles. The third-order valence-electron chi connectivity index (χ3n) is 6.09. The number of piperidine rings is 1. The number of halogens is 1. The van der Waals surface area contributed by atoms with E-state index in [0.29, 0.717) is 6.54 Å². The van der Waals surface area contributed by atoms with Gasteiger partial charge in [0.2, 0.25) is 0 Å². The van der Waals surface area contributed by atoms with Gasteiger partial charge in [0.05, 0.1) is 6.10 Å². The highest BCUT2D eigenvalue weighted by Crippen LogP contribution is 2.19. The molecule has 1 fully saturated rings. The molecule has 32 heavy (non-hydrogen) atoms.